The van der Waals surface area contributed by atoms with Crippen molar-refractivity contribution in [3.8, 4) is 0 Å². The first-order chi connectivity index (χ1) is 16.5. The molecule has 0 saturated heterocycles. The monoisotopic (exact) mass is 578 g/mol. The van der Waals surface area contributed by atoms with E-state index in [1.807, 2.05) is 4.72 Å². The summed E-state index contributed by atoms with van der Waals surface area (Å²) < 4.78 is 49.0. The lowest BCUT2D eigenvalue weighted by atomic mass is 10.1. The summed E-state index contributed by atoms with van der Waals surface area (Å²) in [7, 11) is -4.15. The summed E-state index contributed by atoms with van der Waals surface area (Å²) in [5, 5.41) is 7.49. The first kappa shape index (κ1) is 25.9. The minimum Gasteiger partial charge on any atom is -0.372 e. The van der Waals surface area contributed by atoms with E-state index >= 15 is 4.39 Å². The van der Waals surface area contributed by atoms with Crippen LogP contribution in [0.1, 0.15) is 22.4 Å². The first-order valence-corrected chi connectivity index (χ1v) is 13.5. The van der Waals surface area contributed by atoms with Crippen LogP contribution in [-0.4, -0.2) is 37.4 Å². The third-order valence-electron chi connectivity index (χ3n) is 5.10. The Kier molecular flexibility index (Phi) is 7.74. The number of hydrogen-bond acceptors (Lipinski definition) is 6. The van der Waals surface area contributed by atoms with Gasteiger partial charge in [0.05, 0.1) is 42.5 Å². The summed E-state index contributed by atoms with van der Waals surface area (Å²) in [6.45, 7) is 1.54. The van der Waals surface area contributed by atoms with Crippen LogP contribution >= 0.6 is 46.1 Å². The van der Waals surface area contributed by atoms with Gasteiger partial charge in [0.2, 0.25) is 0 Å². The van der Waals surface area contributed by atoms with Gasteiger partial charge >= 0.3 is 6.03 Å². The number of nitrogens with one attached hydrogen (secondary N) is 2. The molecule has 0 atom stereocenters. The Balaban J connectivity index is 1.50. The minimum absolute atomic E-state index is 0.0482. The van der Waals surface area contributed by atoms with E-state index in [0.717, 1.165) is 16.9 Å². The standard InChI is InChI=1S/C21H18Cl3FN4O4S2/c1-11-4-18(34-20(11)24)35(31,32)28-21(30)26-7-17(25)15-10-33-9-13-6-27-29(19(13)15)8-12-2-3-14(22)5-16(12)23/h2-6H,7-10H2,1H3,(H2,26,28,30)/b17-15-. The average Bonchev–Trinajstić information content (AvgIpc) is 3.37. The number of carbonyl (C=O) groups excluding carboxylic acids is 1. The van der Waals surface area contributed by atoms with Gasteiger partial charge in [0, 0.05) is 21.2 Å². The molecule has 35 heavy (non-hydrogen) atoms. The molecule has 14 heteroatoms. The van der Waals surface area contributed by atoms with Crippen molar-refractivity contribution in [2.45, 2.75) is 24.3 Å². The summed E-state index contributed by atoms with van der Waals surface area (Å²) >= 11 is 19.0. The Morgan fingerprint density at radius 2 is 2.03 bits per heavy atom. The largest absolute Gasteiger partial charge is 0.372 e. The van der Waals surface area contributed by atoms with Crippen LogP contribution in [0.25, 0.3) is 5.57 Å². The maximum Gasteiger partial charge on any atom is 0.329 e. The molecule has 2 amide bonds. The predicted octanol–water partition coefficient (Wildman–Crippen LogP) is 5.16. The highest BCUT2D eigenvalue weighted by Crippen LogP contribution is 2.31. The van der Waals surface area contributed by atoms with Crippen LogP contribution in [0.3, 0.4) is 0 Å². The lowest BCUT2D eigenvalue weighted by Gasteiger charge is -2.20. The molecule has 0 radical (unpaired) electrons. The van der Waals surface area contributed by atoms with Crippen LogP contribution in [0.2, 0.25) is 14.4 Å². The van der Waals surface area contributed by atoms with Crippen molar-refractivity contribution in [1.82, 2.24) is 19.8 Å². The molecule has 0 fully saturated rings. The Hall–Kier alpha value is -2.15. The normalized spacial score (nSPS) is 15.0. The molecule has 186 valence electrons. The van der Waals surface area contributed by atoms with E-state index in [0.29, 0.717) is 31.2 Å². The van der Waals surface area contributed by atoms with E-state index in [4.69, 9.17) is 39.5 Å². The number of aryl methyl sites for hydroxylation is 1. The van der Waals surface area contributed by atoms with Crippen molar-refractivity contribution in [1.29, 1.82) is 0 Å². The van der Waals surface area contributed by atoms with Crippen molar-refractivity contribution < 1.29 is 22.3 Å². The highest BCUT2D eigenvalue weighted by Gasteiger charge is 2.25. The number of fused-ring (bicyclic) bond motifs is 1. The zero-order valence-corrected chi connectivity index (χ0v) is 22.0. The van der Waals surface area contributed by atoms with Gasteiger partial charge < -0.3 is 10.1 Å². The molecule has 8 nitrogen and oxygen atoms in total. The molecular weight excluding hydrogens is 562 g/mol. The number of rotatable bonds is 6. The minimum atomic E-state index is -4.15. The van der Waals surface area contributed by atoms with Crippen molar-refractivity contribution in [3.05, 3.63) is 73.1 Å². The third kappa shape index (κ3) is 5.82. The number of amides is 2. The van der Waals surface area contributed by atoms with Gasteiger partial charge in [-0.1, -0.05) is 40.9 Å². The van der Waals surface area contributed by atoms with Gasteiger partial charge in [-0.05, 0) is 36.2 Å². The van der Waals surface area contributed by atoms with Gasteiger partial charge in [-0.3, -0.25) is 4.68 Å². The van der Waals surface area contributed by atoms with E-state index in [1.54, 1.807) is 36.0 Å². The number of benzene rings is 1. The third-order valence-corrected chi connectivity index (χ3v) is 9.05. The summed E-state index contributed by atoms with van der Waals surface area (Å²) in [5.74, 6) is -0.697. The van der Waals surface area contributed by atoms with Gasteiger partial charge in [-0.2, -0.15) is 5.10 Å². The van der Waals surface area contributed by atoms with Crippen LogP contribution < -0.4 is 10.0 Å². The Morgan fingerprint density at radius 1 is 1.26 bits per heavy atom. The smallest absolute Gasteiger partial charge is 0.329 e. The molecule has 0 spiro atoms. The number of sulfonamides is 1. The molecule has 0 saturated carbocycles. The van der Waals surface area contributed by atoms with Gasteiger partial charge in [0.15, 0.2) is 0 Å². The molecule has 2 aromatic heterocycles. The van der Waals surface area contributed by atoms with Gasteiger partial charge in [-0.25, -0.2) is 22.3 Å². The number of carbonyl (C=O) groups is 1. The second kappa shape index (κ2) is 10.5. The second-order valence-corrected chi connectivity index (χ2v) is 12.0. The zero-order chi connectivity index (χ0) is 25.3. The van der Waals surface area contributed by atoms with Crippen LogP contribution in [0.5, 0.6) is 0 Å². The summed E-state index contributed by atoms with van der Waals surface area (Å²) in [5.41, 5.74) is 2.68. The summed E-state index contributed by atoms with van der Waals surface area (Å²) in [4.78, 5) is 12.2. The predicted molar refractivity (Wildman–Crippen MR) is 133 cm³/mol. The molecule has 3 aromatic rings. The number of nitrogens with zero attached hydrogens (tertiary/aromatic N) is 2. The number of ether oxygens (including phenoxy) is 1. The second-order valence-electron chi connectivity index (χ2n) is 7.60. The fraction of sp³-hybridized carbons (Fsp3) is 0.238. The van der Waals surface area contributed by atoms with E-state index in [9.17, 15) is 13.2 Å². The summed E-state index contributed by atoms with van der Waals surface area (Å²) in [6, 6.07) is 5.33. The Morgan fingerprint density at radius 3 is 2.71 bits per heavy atom. The van der Waals surface area contributed by atoms with E-state index < -0.39 is 28.4 Å². The van der Waals surface area contributed by atoms with Crippen LogP contribution in [-0.2, 0) is 27.9 Å². The van der Waals surface area contributed by atoms with Gasteiger partial charge in [-0.15, -0.1) is 11.3 Å². The summed E-state index contributed by atoms with van der Waals surface area (Å²) in [6.07, 6.45) is 1.58. The van der Waals surface area contributed by atoms with Crippen LogP contribution in [0.4, 0.5) is 9.18 Å². The molecule has 1 aromatic carbocycles. The van der Waals surface area contributed by atoms with Crippen molar-refractivity contribution >= 4 is 67.8 Å². The van der Waals surface area contributed by atoms with Gasteiger partial charge in [0.25, 0.3) is 10.0 Å². The molecule has 0 unspecified atom stereocenters. The SMILES string of the molecule is Cc1cc(S(=O)(=O)NC(=O)NC/C(F)=C2\COCc3cnn(Cc4ccc(Cl)cc4Cl)c32)sc1Cl. The molecule has 2 N–H and O–H groups in total. The van der Waals surface area contributed by atoms with E-state index in [1.165, 1.54) is 6.07 Å². The van der Waals surface area contributed by atoms with E-state index in [-0.39, 0.29) is 29.5 Å². The van der Waals surface area contributed by atoms with Gasteiger partial charge in [0.1, 0.15) is 10.0 Å². The Labute approximate surface area is 219 Å². The zero-order valence-electron chi connectivity index (χ0n) is 18.1. The fourth-order valence-electron chi connectivity index (χ4n) is 3.39. The lowest BCUT2D eigenvalue weighted by molar-refractivity contribution is 0.144. The maximum atomic E-state index is 15.2. The lowest BCUT2D eigenvalue weighted by Crippen LogP contribution is -2.39. The average molecular weight is 580 g/mol. The Bertz CT molecular complexity index is 1420. The van der Waals surface area contributed by atoms with Crippen molar-refractivity contribution in [3.63, 3.8) is 0 Å². The van der Waals surface area contributed by atoms with E-state index in [2.05, 4.69) is 10.4 Å². The molecule has 0 aliphatic carbocycles. The number of halogens is 4. The molecular formula is C21H18Cl3FN4O4S2. The topological polar surface area (TPSA) is 102 Å². The van der Waals surface area contributed by atoms with Crippen LogP contribution in [0.15, 0.2) is 40.5 Å². The van der Waals surface area contributed by atoms with Crippen molar-refractivity contribution in [2.24, 2.45) is 0 Å². The molecule has 0 bridgehead atoms. The number of hydrogen-bond donors (Lipinski definition) is 2. The molecule has 3 heterocycles. The highest BCUT2D eigenvalue weighted by molar-refractivity contribution is 7.92. The molecule has 1 aliphatic rings. The fourth-order valence-corrected chi connectivity index (χ4v) is 6.49. The quantitative estimate of drug-likeness (QED) is 0.420. The number of thiophene rings is 1. The molecule has 1 aliphatic heterocycles. The number of aromatic nitrogens is 2. The first-order valence-electron chi connectivity index (χ1n) is 10.1. The van der Waals surface area contributed by atoms with Crippen LogP contribution in [0, 0.1) is 6.92 Å². The van der Waals surface area contributed by atoms with Crippen molar-refractivity contribution in [2.75, 3.05) is 13.2 Å². The highest BCUT2D eigenvalue weighted by atomic mass is 35.5. The molecule has 4 rings (SSSR count). The number of urea groups is 1. The maximum absolute atomic E-state index is 15.2.